The number of halogens is 1. The highest BCUT2D eigenvalue weighted by Crippen LogP contribution is 2.41. The van der Waals surface area contributed by atoms with Crippen molar-refractivity contribution in [3.8, 4) is 0 Å². The van der Waals surface area contributed by atoms with Crippen molar-refractivity contribution in [3.05, 3.63) is 0 Å². The van der Waals surface area contributed by atoms with Crippen molar-refractivity contribution in [1.29, 1.82) is 0 Å². The molecule has 2 heterocycles. The Morgan fingerprint density at radius 2 is 1.89 bits per heavy atom. The van der Waals surface area contributed by atoms with Gasteiger partial charge in [0.05, 0.1) is 7.11 Å². The molecule has 104 valence electrons. The van der Waals surface area contributed by atoms with E-state index in [1.54, 1.807) is 0 Å². The summed E-state index contributed by atoms with van der Waals surface area (Å²) in [5.74, 6) is -1.12. The summed E-state index contributed by atoms with van der Waals surface area (Å²) in [4.78, 5) is 10.9. The number of ether oxygens (including phenoxy) is 5. The zero-order valence-corrected chi connectivity index (χ0v) is 12.3. The lowest BCUT2D eigenvalue weighted by atomic mass is 10.1. The summed E-state index contributed by atoms with van der Waals surface area (Å²) in [6, 6.07) is 0. The molecular formula is C11H17BrO6. The summed E-state index contributed by atoms with van der Waals surface area (Å²) in [6.07, 6.45) is -1.77. The molecule has 2 fully saturated rings. The molecule has 0 amide bonds. The van der Waals surface area contributed by atoms with Crippen LogP contribution in [0.5, 0.6) is 0 Å². The van der Waals surface area contributed by atoms with Gasteiger partial charge in [0.1, 0.15) is 23.1 Å². The fourth-order valence-corrected chi connectivity index (χ4v) is 2.88. The number of hydrogen-bond donors (Lipinski definition) is 0. The van der Waals surface area contributed by atoms with Gasteiger partial charge in [-0.2, -0.15) is 0 Å². The quantitative estimate of drug-likeness (QED) is 0.565. The van der Waals surface area contributed by atoms with Crippen LogP contribution in [0.2, 0.25) is 0 Å². The lowest BCUT2D eigenvalue weighted by Crippen LogP contribution is -2.40. The number of carbonyl (C=O) groups is 1. The molecule has 18 heavy (non-hydrogen) atoms. The van der Waals surface area contributed by atoms with Crippen molar-refractivity contribution in [2.75, 3.05) is 14.2 Å². The zero-order valence-electron chi connectivity index (χ0n) is 10.7. The van der Waals surface area contributed by atoms with Gasteiger partial charge in [-0.1, -0.05) is 15.9 Å². The SMILES string of the molecule is COC(=O)[C@H](Br)[C@H]1O[C@@H](OC)[C@@H]2OC(C)(C)O[C@@H]21. The molecule has 0 aromatic rings. The number of esters is 1. The van der Waals surface area contributed by atoms with Crippen LogP contribution >= 0.6 is 15.9 Å². The van der Waals surface area contributed by atoms with E-state index in [1.165, 1.54) is 14.2 Å². The Bertz CT molecular complexity index is 333. The average molecular weight is 325 g/mol. The molecule has 0 aromatic carbocycles. The largest absolute Gasteiger partial charge is 0.468 e. The van der Waals surface area contributed by atoms with E-state index in [2.05, 4.69) is 15.9 Å². The molecule has 0 spiro atoms. The van der Waals surface area contributed by atoms with Crippen molar-refractivity contribution >= 4 is 21.9 Å². The second-order valence-corrected chi connectivity index (χ2v) is 5.68. The summed E-state index contributed by atoms with van der Waals surface area (Å²) >= 11 is 3.27. The van der Waals surface area contributed by atoms with Crippen LogP contribution in [0.25, 0.3) is 0 Å². The Balaban J connectivity index is 2.16. The number of hydrogen-bond acceptors (Lipinski definition) is 6. The first-order chi connectivity index (χ1) is 8.39. The molecule has 0 aliphatic carbocycles. The molecular weight excluding hydrogens is 308 g/mol. The molecule has 0 saturated carbocycles. The molecule has 5 atom stereocenters. The van der Waals surface area contributed by atoms with Gasteiger partial charge in [-0.05, 0) is 13.8 Å². The minimum absolute atomic E-state index is 0.347. The maximum atomic E-state index is 11.6. The maximum Gasteiger partial charge on any atom is 0.322 e. The normalized spacial score (nSPS) is 39.4. The maximum absolute atomic E-state index is 11.6. The van der Waals surface area contributed by atoms with Crippen molar-refractivity contribution in [2.45, 2.75) is 49.1 Å². The van der Waals surface area contributed by atoms with Gasteiger partial charge in [0.15, 0.2) is 12.1 Å². The number of fused-ring (bicyclic) bond motifs is 1. The van der Waals surface area contributed by atoms with Crippen molar-refractivity contribution in [2.24, 2.45) is 0 Å². The summed E-state index contributed by atoms with van der Waals surface area (Å²) in [5, 5.41) is 0. The average Bonchev–Trinajstić information content (AvgIpc) is 2.80. The highest BCUT2D eigenvalue weighted by Gasteiger charge is 2.58. The number of rotatable bonds is 3. The van der Waals surface area contributed by atoms with Gasteiger partial charge in [0.25, 0.3) is 0 Å². The third kappa shape index (κ3) is 2.42. The van der Waals surface area contributed by atoms with E-state index in [-0.39, 0.29) is 12.2 Å². The first kappa shape index (κ1) is 14.2. The van der Waals surface area contributed by atoms with Crippen LogP contribution in [0.4, 0.5) is 0 Å². The third-order valence-electron chi connectivity index (χ3n) is 2.99. The molecule has 0 unspecified atom stereocenters. The summed E-state index contributed by atoms with van der Waals surface area (Å²) in [6.45, 7) is 3.63. The van der Waals surface area contributed by atoms with Crippen LogP contribution < -0.4 is 0 Å². The molecule has 2 aliphatic rings. The van der Waals surface area contributed by atoms with Gasteiger partial charge in [-0.15, -0.1) is 0 Å². The van der Waals surface area contributed by atoms with Gasteiger partial charge in [0.2, 0.25) is 0 Å². The highest BCUT2D eigenvalue weighted by atomic mass is 79.9. The smallest absolute Gasteiger partial charge is 0.322 e. The van der Waals surface area contributed by atoms with Gasteiger partial charge in [-0.25, -0.2) is 0 Å². The van der Waals surface area contributed by atoms with Crippen molar-refractivity contribution < 1.29 is 28.5 Å². The summed E-state index contributed by atoms with van der Waals surface area (Å²) in [7, 11) is 2.85. The lowest BCUT2D eigenvalue weighted by molar-refractivity contribution is -0.227. The monoisotopic (exact) mass is 324 g/mol. The first-order valence-corrected chi connectivity index (χ1v) is 6.57. The van der Waals surface area contributed by atoms with E-state index in [1.807, 2.05) is 13.8 Å². The molecule has 0 N–H and O–H groups in total. The zero-order chi connectivity index (χ0) is 13.5. The Labute approximate surface area is 114 Å². The Morgan fingerprint density at radius 1 is 1.28 bits per heavy atom. The molecule has 6 nitrogen and oxygen atoms in total. The molecule has 2 rings (SSSR count). The Hall–Kier alpha value is -0.210. The Morgan fingerprint density at radius 3 is 2.44 bits per heavy atom. The fourth-order valence-electron chi connectivity index (χ4n) is 2.26. The minimum atomic E-state index is -0.711. The van der Waals surface area contributed by atoms with Crippen LogP contribution in [0.3, 0.4) is 0 Å². The molecule has 2 aliphatic heterocycles. The predicted molar refractivity (Wildman–Crippen MR) is 64.2 cm³/mol. The summed E-state index contributed by atoms with van der Waals surface area (Å²) in [5.41, 5.74) is 0. The minimum Gasteiger partial charge on any atom is -0.468 e. The molecule has 0 radical (unpaired) electrons. The van der Waals surface area contributed by atoms with E-state index >= 15 is 0 Å². The molecule has 0 aromatic heterocycles. The van der Waals surface area contributed by atoms with Crippen LogP contribution in [0.15, 0.2) is 0 Å². The van der Waals surface area contributed by atoms with Crippen molar-refractivity contribution in [1.82, 2.24) is 0 Å². The number of carbonyl (C=O) groups excluding carboxylic acids is 1. The third-order valence-corrected chi connectivity index (χ3v) is 3.89. The van der Waals surface area contributed by atoms with Crippen LogP contribution in [-0.4, -0.2) is 55.4 Å². The lowest BCUT2D eigenvalue weighted by Gasteiger charge is -2.24. The van der Waals surface area contributed by atoms with Gasteiger partial charge >= 0.3 is 5.97 Å². The first-order valence-electron chi connectivity index (χ1n) is 5.65. The van der Waals surface area contributed by atoms with Gasteiger partial charge < -0.3 is 23.7 Å². The summed E-state index contributed by atoms with van der Waals surface area (Å²) < 4.78 is 27.0. The second-order valence-electron chi connectivity index (χ2n) is 4.69. The molecule has 0 bridgehead atoms. The van der Waals surface area contributed by atoms with Gasteiger partial charge in [-0.3, -0.25) is 4.79 Å². The molecule has 2 saturated heterocycles. The van der Waals surface area contributed by atoms with Crippen molar-refractivity contribution in [3.63, 3.8) is 0 Å². The van der Waals surface area contributed by atoms with Crippen LogP contribution in [0, 0.1) is 0 Å². The number of methoxy groups -OCH3 is 2. The van der Waals surface area contributed by atoms with E-state index in [9.17, 15) is 4.79 Å². The fraction of sp³-hybridized carbons (Fsp3) is 0.909. The second kappa shape index (κ2) is 5.05. The highest BCUT2D eigenvalue weighted by molar-refractivity contribution is 9.10. The van der Waals surface area contributed by atoms with Gasteiger partial charge in [0, 0.05) is 7.11 Å². The van der Waals surface area contributed by atoms with Crippen LogP contribution in [-0.2, 0) is 28.5 Å². The standard InChI is InChI=1S/C11H17BrO6/c1-11(2)17-7-6(5(12)9(13)14-3)16-10(15-4)8(7)18-11/h5-8,10H,1-4H3/t5-,6-,7-,8-,10-/m1/s1. The van der Waals surface area contributed by atoms with E-state index in [4.69, 9.17) is 23.7 Å². The van der Waals surface area contributed by atoms with E-state index in [0.717, 1.165) is 0 Å². The molecule has 7 heteroatoms. The number of alkyl halides is 1. The Kier molecular flexibility index (Phi) is 3.99. The van der Waals surface area contributed by atoms with E-state index in [0.29, 0.717) is 0 Å². The van der Waals surface area contributed by atoms with Crippen LogP contribution in [0.1, 0.15) is 13.8 Å². The predicted octanol–water partition coefficient (Wildman–Crippen LogP) is 0.814. The topological polar surface area (TPSA) is 63.2 Å². The van der Waals surface area contributed by atoms with E-state index < -0.39 is 29.0 Å².